The number of hydrogen-bond donors (Lipinski definition) is 1. The summed E-state index contributed by atoms with van der Waals surface area (Å²) in [5, 5.41) is 8.92. The van der Waals surface area contributed by atoms with Crippen molar-refractivity contribution in [3.8, 4) is 0 Å². The van der Waals surface area contributed by atoms with Crippen LogP contribution >= 0.6 is 0 Å². The standard InChI is InChI=1S/C16H31NO2/c1-12(9-15(18)19)14-7-6-8-17(11-14)10-13(2)16(3,4)5/h12-14H,6-11H2,1-5H3,(H,18,19). The molecule has 1 N–H and O–H groups in total. The number of carboxylic acid groups (broad SMARTS) is 1. The summed E-state index contributed by atoms with van der Waals surface area (Å²) in [5.41, 5.74) is 0.347. The Hall–Kier alpha value is -0.570. The molecule has 112 valence electrons. The van der Waals surface area contributed by atoms with Crippen molar-refractivity contribution in [3.63, 3.8) is 0 Å². The van der Waals surface area contributed by atoms with Crippen molar-refractivity contribution in [2.24, 2.45) is 23.2 Å². The van der Waals surface area contributed by atoms with E-state index < -0.39 is 5.97 Å². The number of likely N-dealkylation sites (tertiary alicyclic amines) is 1. The van der Waals surface area contributed by atoms with E-state index in [0.29, 0.717) is 29.6 Å². The summed E-state index contributed by atoms with van der Waals surface area (Å²) in [4.78, 5) is 13.4. The quantitative estimate of drug-likeness (QED) is 0.830. The second kappa shape index (κ2) is 6.74. The van der Waals surface area contributed by atoms with Crippen LogP contribution in [0.5, 0.6) is 0 Å². The maximum Gasteiger partial charge on any atom is 0.303 e. The topological polar surface area (TPSA) is 40.5 Å². The Kier molecular flexibility index (Phi) is 5.84. The first-order valence-electron chi connectivity index (χ1n) is 7.64. The molecular formula is C16H31NO2. The van der Waals surface area contributed by atoms with Gasteiger partial charge in [0.2, 0.25) is 0 Å². The van der Waals surface area contributed by atoms with Gasteiger partial charge < -0.3 is 10.0 Å². The molecule has 0 aliphatic carbocycles. The number of carbonyl (C=O) groups is 1. The molecule has 1 aliphatic heterocycles. The van der Waals surface area contributed by atoms with Crippen molar-refractivity contribution in [2.75, 3.05) is 19.6 Å². The fourth-order valence-corrected chi connectivity index (χ4v) is 2.82. The molecule has 1 aliphatic rings. The van der Waals surface area contributed by atoms with Gasteiger partial charge in [-0.3, -0.25) is 4.79 Å². The van der Waals surface area contributed by atoms with Gasteiger partial charge in [-0.25, -0.2) is 0 Å². The van der Waals surface area contributed by atoms with Crippen LogP contribution in [0.3, 0.4) is 0 Å². The molecule has 3 nitrogen and oxygen atoms in total. The zero-order valence-electron chi connectivity index (χ0n) is 13.3. The molecule has 3 heteroatoms. The summed E-state index contributed by atoms with van der Waals surface area (Å²) >= 11 is 0. The van der Waals surface area contributed by atoms with Gasteiger partial charge in [0, 0.05) is 19.5 Å². The molecule has 1 fully saturated rings. The van der Waals surface area contributed by atoms with Crippen molar-refractivity contribution in [1.29, 1.82) is 0 Å². The van der Waals surface area contributed by atoms with E-state index in [4.69, 9.17) is 5.11 Å². The Balaban J connectivity index is 2.48. The molecule has 19 heavy (non-hydrogen) atoms. The number of rotatable bonds is 5. The molecule has 0 aromatic carbocycles. The van der Waals surface area contributed by atoms with E-state index >= 15 is 0 Å². The molecular weight excluding hydrogens is 238 g/mol. The highest BCUT2D eigenvalue weighted by Gasteiger charge is 2.28. The van der Waals surface area contributed by atoms with Gasteiger partial charge in [0.1, 0.15) is 0 Å². The average molecular weight is 269 g/mol. The first-order valence-corrected chi connectivity index (χ1v) is 7.64. The van der Waals surface area contributed by atoms with E-state index in [2.05, 4.69) is 39.5 Å². The predicted octanol–water partition coefficient (Wildman–Crippen LogP) is 3.49. The van der Waals surface area contributed by atoms with Gasteiger partial charge in [0.05, 0.1) is 0 Å². The molecule has 0 saturated carbocycles. The zero-order chi connectivity index (χ0) is 14.6. The Morgan fingerprint density at radius 3 is 2.53 bits per heavy atom. The van der Waals surface area contributed by atoms with Gasteiger partial charge in [-0.15, -0.1) is 0 Å². The number of hydrogen-bond acceptors (Lipinski definition) is 2. The monoisotopic (exact) mass is 269 g/mol. The van der Waals surface area contributed by atoms with Gasteiger partial charge in [-0.1, -0.05) is 34.6 Å². The molecule has 0 bridgehead atoms. The highest BCUT2D eigenvalue weighted by Crippen LogP contribution is 2.30. The summed E-state index contributed by atoms with van der Waals surface area (Å²) < 4.78 is 0. The lowest BCUT2D eigenvalue weighted by Gasteiger charge is -2.39. The van der Waals surface area contributed by atoms with Crippen LogP contribution in [-0.4, -0.2) is 35.6 Å². The first kappa shape index (κ1) is 16.5. The van der Waals surface area contributed by atoms with Crippen LogP contribution in [0.25, 0.3) is 0 Å². The normalized spacial score (nSPS) is 25.0. The zero-order valence-corrected chi connectivity index (χ0v) is 13.3. The second-order valence-electron chi connectivity index (χ2n) is 7.50. The Morgan fingerprint density at radius 1 is 1.37 bits per heavy atom. The van der Waals surface area contributed by atoms with Crippen LogP contribution in [0.2, 0.25) is 0 Å². The van der Waals surface area contributed by atoms with E-state index in [1.54, 1.807) is 0 Å². The van der Waals surface area contributed by atoms with Gasteiger partial charge >= 0.3 is 5.97 Å². The van der Waals surface area contributed by atoms with Crippen molar-refractivity contribution in [1.82, 2.24) is 4.90 Å². The largest absolute Gasteiger partial charge is 0.481 e. The molecule has 0 aromatic rings. The van der Waals surface area contributed by atoms with Crippen LogP contribution < -0.4 is 0 Å². The van der Waals surface area contributed by atoms with E-state index in [1.807, 2.05) is 0 Å². The number of nitrogens with zero attached hydrogens (tertiary/aromatic N) is 1. The lowest BCUT2D eigenvalue weighted by Crippen LogP contribution is -2.42. The summed E-state index contributed by atoms with van der Waals surface area (Å²) in [6, 6.07) is 0. The first-order chi connectivity index (χ1) is 8.70. The van der Waals surface area contributed by atoms with Crippen molar-refractivity contribution in [2.45, 2.75) is 53.9 Å². The van der Waals surface area contributed by atoms with E-state index in [9.17, 15) is 4.79 Å². The molecule has 1 rings (SSSR count). The third kappa shape index (κ3) is 5.52. The van der Waals surface area contributed by atoms with E-state index in [0.717, 1.165) is 13.1 Å². The van der Waals surface area contributed by atoms with Crippen molar-refractivity contribution < 1.29 is 9.90 Å². The van der Waals surface area contributed by atoms with Crippen molar-refractivity contribution in [3.05, 3.63) is 0 Å². The van der Waals surface area contributed by atoms with Crippen molar-refractivity contribution >= 4 is 5.97 Å². The second-order valence-corrected chi connectivity index (χ2v) is 7.50. The highest BCUT2D eigenvalue weighted by molar-refractivity contribution is 5.66. The maximum atomic E-state index is 10.8. The summed E-state index contributed by atoms with van der Waals surface area (Å²) in [5.74, 6) is 0.857. The predicted molar refractivity (Wildman–Crippen MR) is 79.2 cm³/mol. The van der Waals surface area contributed by atoms with Gasteiger partial charge in [-0.05, 0) is 42.6 Å². The molecule has 0 aromatic heterocycles. The van der Waals surface area contributed by atoms with Crippen LogP contribution in [0.15, 0.2) is 0 Å². The summed E-state index contributed by atoms with van der Waals surface area (Å²) in [6.45, 7) is 14.7. The fourth-order valence-electron chi connectivity index (χ4n) is 2.82. The molecule has 0 spiro atoms. The van der Waals surface area contributed by atoms with Gasteiger partial charge in [0.15, 0.2) is 0 Å². The molecule has 3 atom stereocenters. The molecule has 0 radical (unpaired) electrons. The third-order valence-corrected chi connectivity index (χ3v) is 4.85. The van der Waals surface area contributed by atoms with Gasteiger partial charge in [0.25, 0.3) is 0 Å². The minimum atomic E-state index is -0.660. The summed E-state index contributed by atoms with van der Waals surface area (Å²) in [7, 11) is 0. The van der Waals surface area contributed by atoms with Crippen LogP contribution in [0.1, 0.15) is 53.9 Å². The molecule has 3 unspecified atom stereocenters. The fraction of sp³-hybridized carbons (Fsp3) is 0.938. The van der Waals surface area contributed by atoms with Gasteiger partial charge in [-0.2, -0.15) is 0 Å². The molecule has 1 saturated heterocycles. The lowest BCUT2D eigenvalue weighted by atomic mass is 9.80. The Labute approximate surface area is 118 Å². The lowest BCUT2D eigenvalue weighted by molar-refractivity contribution is -0.138. The minimum absolute atomic E-state index is 0.297. The minimum Gasteiger partial charge on any atom is -0.481 e. The Bertz CT molecular complexity index is 296. The SMILES string of the molecule is CC(CC(=O)O)C1CCCN(CC(C)C(C)(C)C)C1. The van der Waals surface area contributed by atoms with Crippen LogP contribution in [-0.2, 0) is 4.79 Å². The van der Waals surface area contributed by atoms with Crippen LogP contribution in [0.4, 0.5) is 0 Å². The maximum absolute atomic E-state index is 10.8. The average Bonchev–Trinajstić information content (AvgIpc) is 2.27. The third-order valence-electron chi connectivity index (χ3n) is 4.85. The van der Waals surface area contributed by atoms with E-state index in [-0.39, 0.29) is 0 Å². The number of piperidine rings is 1. The summed E-state index contributed by atoms with van der Waals surface area (Å²) in [6.07, 6.45) is 2.72. The molecule has 0 amide bonds. The molecule has 1 heterocycles. The van der Waals surface area contributed by atoms with Crippen LogP contribution in [0, 0.1) is 23.2 Å². The highest BCUT2D eigenvalue weighted by atomic mass is 16.4. The van der Waals surface area contributed by atoms with E-state index in [1.165, 1.54) is 19.4 Å². The Morgan fingerprint density at radius 2 is 2.00 bits per heavy atom. The smallest absolute Gasteiger partial charge is 0.303 e. The number of carboxylic acids is 1. The number of aliphatic carboxylic acids is 1.